The molecule has 0 amide bonds. The first-order valence-electron chi connectivity index (χ1n) is 7.74. The van der Waals surface area contributed by atoms with E-state index in [2.05, 4.69) is 17.5 Å². The molecule has 118 valence electrons. The standard InChI is InChI=1S/C19H17ClFNO/c1-23-16-10-9-15(20)17-13-3-2-4-14(13)18(22-19(16)17)11-5-7-12(21)8-6-11/h2-3,5-10,13-14,18,22H,4H2,1H3/t13-,14+,18+/m0/s1. The molecule has 0 aromatic heterocycles. The van der Waals surface area contributed by atoms with E-state index < -0.39 is 0 Å². The molecule has 2 aliphatic rings. The van der Waals surface area contributed by atoms with E-state index in [1.807, 2.05) is 24.3 Å². The highest BCUT2D eigenvalue weighted by Crippen LogP contribution is 2.54. The van der Waals surface area contributed by atoms with Crippen molar-refractivity contribution in [3.63, 3.8) is 0 Å². The van der Waals surface area contributed by atoms with E-state index in [1.165, 1.54) is 12.1 Å². The van der Waals surface area contributed by atoms with Crippen LogP contribution in [-0.2, 0) is 0 Å². The van der Waals surface area contributed by atoms with Crippen LogP contribution in [0.3, 0.4) is 0 Å². The van der Waals surface area contributed by atoms with Gasteiger partial charge in [0.05, 0.1) is 18.8 Å². The van der Waals surface area contributed by atoms with Crippen LogP contribution in [-0.4, -0.2) is 7.11 Å². The van der Waals surface area contributed by atoms with Gasteiger partial charge in [-0.15, -0.1) is 0 Å². The van der Waals surface area contributed by atoms with Crippen molar-refractivity contribution in [1.82, 2.24) is 0 Å². The van der Waals surface area contributed by atoms with E-state index in [-0.39, 0.29) is 17.8 Å². The number of hydrogen-bond donors (Lipinski definition) is 1. The monoisotopic (exact) mass is 329 g/mol. The van der Waals surface area contributed by atoms with Crippen LogP contribution in [0.15, 0.2) is 48.6 Å². The summed E-state index contributed by atoms with van der Waals surface area (Å²) >= 11 is 6.47. The van der Waals surface area contributed by atoms with Gasteiger partial charge in [0.25, 0.3) is 0 Å². The maximum absolute atomic E-state index is 13.3. The molecule has 0 unspecified atom stereocenters. The Morgan fingerprint density at radius 1 is 1.17 bits per heavy atom. The zero-order valence-corrected chi connectivity index (χ0v) is 13.5. The molecule has 4 rings (SSSR count). The Morgan fingerprint density at radius 3 is 2.70 bits per heavy atom. The zero-order valence-electron chi connectivity index (χ0n) is 12.7. The number of nitrogens with one attached hydrogen (secondary N) is 1. The molecule has 3 atom stereocenters. The molecule has 0 spiro atoms. The molecule has 0 saturated carbocycles. The number of rotatable bonds is 2. The molecule has 0 fully saturated rings. The molecule has 2 nitrogen and oxygen atoms in total. The minimum Gasteiger partial charge on any atom is -0.495 e. The highest BCUT2D eigenvalue weighted by Gasteiger charge is 2.40. The normalized spacial score (nSPS) is 24.7. The maximum Gasteiger partial charge on any atom is 0.142 e. The summed E-state index contributed by atoms with van der Waals surface area (Å²) in [6.45, 7) is 0. The van der Waals surface area contributed by atoms with Crippen LogP contribution in [0.5, 0.6) is 5.75 Å². The molecule has 1 N–H and O–H groups in total. The van der Waals surface area contributed by atoms with E-state index in [0.717, 1.165) is 34.0 Å². The largest absolute Gasteiger partial charge is 0.495 e. The number of methoxy groups -OCH3 is 1. The first-order chi connectivity index (χ1) is 11.2. The van der Waals surface area contributed by atoms with Gasteiger partial charge in [-0.2, -0.15) is 0 Å². The molecular weight excluding hydrogens is 313 g/mol. The molecule has 2 aromatic rings. The molecular formula is C19H17ClFNO. The molecule has 0 saturated heterocycles. The number of hydrogen-bond acceptors (Lipinski definition) is 2. The maximum atomic E-state index is 13.3. The molecule has 4 heteroatoms. The summed E-state index contributed by atoms with van der Waals surface area (Å²) in [4.78, 5) is 0. The quantitative estimate of drug-likeness (QED) is 0.753. The Balaban J connectivity index is 1.84. The lowest BCUT2D eigenvalue weighted by Gasteiger charge is -2.38. The lowest BCUT2D eigenvalue weighted by Crippen LogP contribution is -2.29. The van der Waals surface area contributed by atoms with Gasteiger partial charge >= 0.3 is 0 Å². The van der Waals surface area contributed by atoms with Gasteiger partial charge in [0.1, 0.15) is 11.6 Å². The summed E-state index contributed by atoms with van der Waals surface area (Å²) in [5, 5.41) is 4.35. The number of allylic oxidation sites excluding steroid dienone is 2. The third kappa shape index (κ3) is 2.31. The first kappa shape index (κ1) is 14.6. The Bertz CT molecular complexity index is 772. The molecule has 0 radical (unpaired) electrons. The summed E-state index contributed by atoms with van der Waals surface area (Å²) < 4.78 is 18.8. The topological polar surface area (TPSA) is 21.3 Å². The van der Waals surface area contributed by atoms with Crippen LogP contribution < -0.4 is 10.1 Å². The van der Waals surface area contributed by atoms with Gasteiger partial charge < -0.3 is 10.1 Å². The van der Waals surface area contributed by atoms with E-state index >= 15 is 0 Å². The van der Waals surface area contributed by atoms with Crippen LogP contribution in [0.2, 0.25) is 5.02 Å². The smallest absolute Gasteiger partial charge is 0.142 e. The van der Waals surface area contributed by atoms with Gasteiger partial charge in [0, 0.05) is 16.5 Å². The van der Waals surface area contributed by atoms with Crippen molar-refractivity contribution in [2.24, 2.45) is 5.92 Å². The number of halogens is 2. The zero-order chi connectivity index (χ0) is 16.0. The predicted molar refractivity (Wildman–Crippen MR) is 90.8 cm³/mol. The minimum absolute atomic E-state index is 0.107. The van der Waals surface area contributed by atoms with Crippen LogP contribution in [0.4, 0.5) is 10.1 Å². The second kappa shape index (κ2) is 5.57. The summed E-state index contributed by atoms with van der Waals surface area (Å²) in [6.07, 6.45) is 5.41. The lowest BCUT2D eigenvalue weighted by molar-refractivity contribution is 0.397. The average molecular weight is 330 g/mol. The van der Waals surface area contributed by atoms with Crippen molar-refractivity contribution in [2.45, 2.75) is 18.4 Å². The highest BCUT2D eigenvalue weighted by molar-refractivity contribution is 6.32. The van der Waals surface area contributed by atoms with Crippen LogP contribution >= 0.6 is 11.6 Å². The van der Waals surface area contributed by atoms with Gasteiger partial charge in [-0.1, -0.05) is 35.9 Å². The lowest BCUT2D eigenvalue weighted by atomic mass is 9.77. The van der Waals surface area contributed by atoms with E-state index in [1.54, 1.807) is 7.11 Å². The van der Waals surface area contributed by atoms with Gasteiger partial charge in [0.2, 0.25) is 0 Å². The fraction of sp³-hybridized carbons (Fsp3) is 0.263. The average Bonchev–Trinajstić information content (AvgIpc) is 3.04. The Kier molecular flexibility index (Phi) is 3.53. The third-order valence-corrected chi connectivity index (χ3v) is 5.21. The Hall–Kier alpha value is -2.00. The van der Waals surface area contributed by atoms with E-state index in [0.29, 0.717) is 5.92 Å². The molecule has 2 aromatic carbocycles. The third-order valence-electron chi connectivity index (χ3n) is 4.88. The summed E-state index contributed by atoms with van der Waals surface area (Å²) in [7, 11) is 1.66. The number of benzene rings is 2. The Labute approximate surface area is 139 Å². The van der Waals surface area contributed by atoms with Crippen molar-refractivity contribution in [1.29, 1.82) is 0 Å². The van der Waals surface area contributed by atoms with Gasteiger partial charge in [-0.25, -0.2) is 4.39 Å². The van der Waals surface area contributed by atoms with Crippen molar-refractivity contribution in [3.05, 3.63) is 70.5 Å². The first-order valence-corrected chi connectivity index (χ1v) is 8.12. The van der Waals surface area contributed by atoms with Crippen LogP contribution in [0.1, 0.15) is 29.5 Å². The fourth-order valence-corrected chi connectivity index (χ4v) is 4.09. The fourth-order valence-electron chi connectivity index (χ4n) is 3.81. The van der Waals surface area contributed by atoms with Crippen LogP contribution in [0, 0.1) is 11.7 Å². The summed E-state index contributed by atoms with van der Waals surface area (Å²) in [5.41, 5.74) is 3.13. The van der Waals surface area contributed by atoms with Gasteiger partial charge in [-0.05, 0) is 42.2 Å². The van der Waals surface area contributed by atoms with Crippen LogP contribution in [0.25, 0.3) is 0 Å². The van der Waals surface area contributed by atoms with Gasteiger partial charge in [-0.3, -0.25) is 0 Å². The molecule has 1 heterocycles. The van der Waals surface area contributed by atoms with E-state index in [9.17, 15) is 4.39 Å². The van der Waals surface area contributed by atoms with Crippen molar-refractivity contribution >= 4 is 17.3 Å². The number of fused-ring (bicyclic) bond motifs is 3. The second-order valence-corrected chi connectivity index (χ2v) is 6.47. The highest BCUT2D eigenvalue weighted by atomic mass is 35.5. The SMILES string of the molecule is COc1ccc(Cl)c2c1N[C@H](c1ccc(F)cc1)[C@@H]1CC=C[C@H]21. The molecule has 1 aliphatic heterocycles. The molecule has 1 aliphatic carbocycles. The van der Waals surface area contributed by atoms with Gasteiger partial charge in [0.15, 0.2) is 0 Å². The summed E-state index contributed by atoms with van der Waals surface area (Å²) in [5.74, 6) is 1.20. The number of anilines is 1. The van der Waals surface area contributed by atoms with Crippen molar-refractivity contribution in [2.75, 3.05) is 12.4 Å². The molecule has 23 heavy (non-hydrogen) atoms. The number of ether oxygens (including phenoxy) is 1. The van der Waals surface area contributed by atoms with Crippen molar-refractivity contribution < 1.29 is 9.13 Å². The van der Waals surface area contributed by atoms with E-state index in [4.69, 9.17) is 16.3 Å². The van der Waals surface area contributed by atoms with Crippen molar-refractivity contribution in [3.8, 4) is 5.75 Å². The predicted octanol–water partition coefficient (Wildman–Crippen LogP) is 5.31. The minimum atomic E-state index is -0.216. The summed E-state index contributed by atoms with van der Waals surface area (Å²) in [6, 6.07) is 10.6. The Morgan fingerprint density at radius 2 is 1.96 bits per heavy atom. The second-order valence-electron chi connectivity index (χ2n) is 6.07. The molecule has 0 bridgehead atoms.